The summed E-state index contributed by atoms with van der Waals surface area (Å²) >= 11 is 5.91. The fourth-order valence-electron chi connectivity index (χ4n) is 2.04. The molecule has 1 atom stereocenters. The molecule has 1 aliphatic rings. The molecule has 0 saturated carbocycles. The second-order valence-corrected chi connectivity index (χ2v) is 4.79. The number of ether oxygens (including phenoxy) is 1. The monoisotopic (exact) mass is 239 g/mol. The molecule has 3 heteroatoms. The van der Waals surface area contributed by atoms with E-state index >= 15 is 0 Å². The topological polar surface area (TPSA) is 21.3 Å². The standard InChI is InChI=1S/C13H18ClNO/c14-13-5-1-3-11(7-13)9-16-10-12-4-2-6-15-8-12/h1,3,5,7,12,15H,2,4,6,8-10H2. The lowest BCUT2D eigenvalue weighted by Gasteiger charge is -2.22. The molecule has 2 nitrogen and oxygen atoms in total. The highest BCUT2D eigenvalue weighted by Crippen LogP contribution is 2.14. The lowest BCUT2D eigenvalue weighted by molar-refractivity contribution is 0.0783. The van der Waals surface area contributed by atoms with E-state index in [9.17, 15) is 0 Å². The van der Waals surface area contributed by atoms with Gasteiger partial charge in [0.25, 0.3) is 0 Å². The van der Waals surface area contributed by atoms with Gasteiger partial charge in [-0.15, -0.1) is 0 Å². The van der Waals surface area contributed by atoms with Gasteiger partial charge in [-0.1, -0.05) is 23.7 Å². The number of piperidine rings is 1. The summed E-state index contributed by atoms with van der Waals surface area (Å²) in [4.78, 5) is 0. The molecule has 1 unspecified atom stereocenters. The van der Waals surface area contributed by atoms with Crippen LogP contribution in [0, 0.1) is 5.92 Å². The van der Waals surface area contributed by atoms with Crippen LogP contribution in [0.3, 0.4) is 0 Å². The van der Waals surface area contributed by atoms with Gasteiger partial charge in [0.1, 0.15) is 0 Å². The van der Waals surface area contributed by atoms with Gasteiger partial charge < -0.3 is 10.1 Å². The van der Waals surface area contributed by atoms with E-state index in [0.717, 1.165) is 30.3 Å². The van der Waals surface area contributed by atoms with Gasteiger partial charge in [-0.05, 0) is 43.0 Å². The predicted molar refractivity (Wildman–Crippen MR) is 66.7 cm³/mol. The fourth-order valence-corrected chi connectivity index (χ4v) is 2.25. The quantitative estimate of drug-likeness (QED) is 0.873. The number of halogens is 1. The van der Waals surface area contributed by atoms with Gasteiger partial charge >= 0.3 is 0 Å². The average Bonchev–Trinajstić information content (AvgIpc) is 2.30. The fraction of sp³-hybridized carbons (Fsp3) is 0.538. The molecule has 0 bridgehead atoms. The van der Waals surface area contributed by atoms with E-state index in [0.29, 0.717) is 12.5 Å². The maximum Gasteiger partial charge on any atom is 0.0717 e. The van der Waals surface area contributed by atoms with Crippen LogP contribution in [-0.2, 0) is 11.3 Å². The van der Waals surface area contributed by atoms with Crippen molar-refractivity contribution in [1.29, 1.82) is 0 Å². The van der Waals surface area contributed by atoms with Crippen molar-refractivity contribution in [2.75, 3.05) is 19.7 Å². The van der Waals surface area contributed by atoms with Crippen LogP contribution in [0.2, 0.25) is 5.02 Å². The van der Waals surface area contributed by atoms with Crippen molar-refractivity contribution in [3.05, 3.63) is 34.9 Å². The summed E-state index contributed by atoms with van der Waals surface area (Å²) in [7, 11) is 0. The summed E-state index contributed by atoms with van der Waals surface area (Å²) in [5.74, 6) is 0.674. The van der Waals surface area contributed by atoms with Crippen LogP contribution in [0.15, 0.2) is 24.3 Å². The molecule has 1 heterocycles. The SMILES string of the molecule is Clc1cccc(COCC2CCCNC2)c1. The Balaban J connectivity index is 1.71. The Morgan fingerprint density at radius 1 is 1.44 bits per heavy atom. The maximum atomic E-state index is 5.91. The van der Waals surface area contributed by atoms with Crippen molar-refractivity contribution in [2.45, 2.75) is 19.4 Å². The highest BCUT2D eigenvalue weighted by molar-refractivity contribution is 6.30. The highest BCUT2D eigenvalue weighted by Gasteiger charge is 2.12. The lowest BCUT2D eigenvalue weighted by atomic mass is 10.0. The Bertz CT molecular complexity index is 323. The summed E-state index contributed by atoms with van der Waals surface area (Å²) in [5, 5.41) is 4.17. The van der Waals surface area contributed by atoms with E-state index in [1.54, 1.807) is 0 Å². The van der Waals surface area contributed by atoms with Crippen molar-refractivity contribution in [3.63, 3.8) is 0 Å². The molecule has 1 fully saturated rings. The maximum absolute atomic E-state index is 5.91. The molecule has 0 spiro atoms. The van der Waals surface area contributed by atoms with Crippen LogP contribution in [0.25, 0.3) is 0 Å². The third kappa shape index (κ3) is 3.78. The number of benzene rings is 1. The van der Waals surface area contributed by atoms with Gasteiger partial charge in [-0.3, -0.25) is 0 Å². The minimum atomic E-state index is 0.664. The van der Waals surface area contributed by atoms with Crippen LogP contribution in [-0.4, -0.2) is 19.7 Å². The Hall–Kier alpha value is -0.570. The van der Waals surface area contributed by atoms with E-state index < -0.39 is 0 Å². The second-order valence-electron chi connectivity index (χ2n) is 4.36. The minimum Gasteiger partial charge on any atom is -0.376 e. The van der Waals surface area contributed by atoms with Gasteiger partial charge in [-0.25, -0.2) is 0 Å². The molecule has 88 valence electrons. The summed E-state index contributed by atoms with van der Waals surface area (Å²) < 4.78 is 5.72. The minimum absolute atomic E-state index is 0.664. The van der Waals surface area contributed by atoms with E-state index in [1.807, 2.05) is 24.3 Å². The predicted octanol–water partition coefficient (Wildman–Crippen LogP) is 2.86. The Morgan fingerprint density at radius 3 is 3.12 bits per heavy atom. The van der Waals surface area contributed by atoms with E-state index in [2.05, 4.69) is 5.32 Å². The zero-order chi connectivity index (χ0) is 11.2. The normalized spacial score (nSPS) is 20.9. The summed E-state index contributed by atoms with van der Waals surface area (Å²) in [6.45, 7) is 3.76. The van der Waals surface area contributed by atoms with Crippen LogP contribution in [0.4, 0.5) is 0 Å². The molecule has 0 radical (unpaired) electrons. The van der Waals surface area contributed by atoms with Crippen LogP contribution in [0.5, 0.6) is 0 Å². The first-order valence-corrected chi connectivity index (χ1v) is 6.25. The summed E-state index contributed by atoms with van der Waals surface area (Å²) in [5.41, 5.74) is 1.15. The molecule has 2 rings (SSSR count). The van der Waals surface area contributed by atoms with Gasteiger partial charge in [0.15, 0.2) is 0 Å². The highest BCUT2D eigenvalue weighted by atomic mass is 35.5. The molecule has 1 N–H and O–H groups in total. The first kappa shape index (κ1) is 11.9. The molecule has 0 amide bonds. The third-order valence-electron chi connectivity index (χ3n) is 2.91. The number of nitrogens with one attached hydrogen (secondary N) is 1. The molecule has 1 aromatic carbocycles. The number of hydrogen-bond donors (Lipinski definition) is 1. The second kappa shape index (κ2) is 6.24. The largest absolute Gasteiger partial charge is 0.376 e. The van der Waals surface area contributed by atoms with Gasteiger partial charge in [-0.2, -0.15) is 0 Å². The number of rotatable bonds is 4. The molecule has 1 aliphatic heterocycles. The summed E-state index contributed by atoms with van der Waals surface area (Å²) in [6.07, 6.45) is 2.55. The molecule has 16 heavy (non-hydrogen) atoms. The van der Waals surface area contributed by atoms with Gasteiger partial charge in [0.2, 0.25) is 0 Å². The first-order valence-electron chi connectivity index (χ1n) is 5.87. The lowest BCUT2D eigenvalue weighted by Crippen LogP contribution is -2.32. The van der Waals surface area contributed by atoms with Crippen LogP contribution < -0.4 is 5.32 Å². The van der Waals surface area contributed by atoms with Crippen LogP contribution >= 0.6 is 11.6 Å². The van der Waals surface area contributed by atoms with Crippen molar-refractivity contribution in [2.24, 2.45) is 5.92 Å². The summed E-state index contributed by atoms with van der Waals surface area (Å²) in [6, 6.07) is 7.85. The number of hydrogen-bond acceptors (Lipinski definition) is 2. The van der Waals surface area contributed by atoms with Crippen molar-refractivity contribution in [3.8, 4) is 0 Å². The van der Waals surface area contributed by atoms with Crippen molar-refractivity contribution in [1.82, 2.24) is 5.32 Å². The Labute approximate surface area is 102 Å². The molecule has 0 aromatic heterocycles. The molecular formula is C13H18ClNO. The van der Waals surface area contributed by atoms with Gasteiger partial charge in [0.05, 0.1) is 13.2 Å². The molecule has 1 aromatic rings. The molecule has 0 aliphatic carbocycles. The van der Waals surface area contributed by atoms with Crippen LogP contribution in [0.1, 0.15) is 18.4 Å². The third-order valence-corrected chi connectivity index (χ3v) is 3.15. The Morgan fingerprint density at radius 2 is 2.38 bits per heavy atom. The zero-order valence-corrected chi connectivity index (χ0v) is 10.2. The van der Waals surface area contributed by atoms with Crippen molar-refractivity contribution < 1.29 is 4.74 Å². The average molecular weight is 240 g/mol. The molecule has 1 saturated heterocycles. The first-order chi connectivity index (χ1) is 7.84. The Kier molecular flexibility index (Phi) is 4.64. The van der Waals surface area contributed by atoms with Gasteiger partial charge in [0, 0.05) is 11.6 Å². The van der Waals surface area contributed by atoms with E-state index in [1.165, 1.54) is 12.8 Å². The van der Waals surface area contributed by atoms with Crippen molar-refractivity contribution >= 4 is 11.6 Å². The van der Waals surface area contributed by atoms with E-state index in [4.69, 9.17) is 16.3 Å². The molecular weight excluding hydrogens is 222 g/mol. The smallest absolute Gasteiger partial charge is 0.0717 e. The van der Waals surface area contributed by atoms with E-state index in [-0.39, 0.29) is 0 Å². The zero-order valence-electron chi connectivity index (χ0n) is 9.42.